The second-order valence-electron chi connectivity index (χ2n) is 4.19. The summed E-state index contributed by atoms with van der Waals surface area (Å²) in [5, 5.41) is 0. The van der Waals surface area contributed by atoms with Gasteiger partial charge in [0.15, 0.2) is 5.78 Å². The topological polar surface area (TPSA) is 26.3 Å². The van der Waals surface area contributed by atoms with E-state index in [2.05, 4.69) is 22.5 Å². The Balaban J connectivity index is 2.60. The fraction of sp³-hybridized carbons (Fsp3) is 0.214. The number of Topliss-reactive ketones (excluding diaryl/α,β-unsaturated/α-hetero) is 1. The van der Waals surface area contributed by atoms with Gasteiger partial charge >= 0.3 is 0 Å². The zero-order valence-electron chi connectivity index (χ0n) is 9.79. The van der Waals surface area contributed by atoms with Crippen molar-refractivity contribution in [3.05, 3.63) is 52.0 Å². The second kappa shape index (κ2) is 4.49. The summed E-state index contributed by atoms with van der Waals surface area (Å²) in [6.45, 7) is 7.67. The maximum Gasteiger partial charge on any atom is 0.193 e. The number of ether oxygens (including phenoxy) is 1. The first-order valence-electron chi connectivity index (χ1n) is 5.41. The zero-order valence-corrected chi connectivity index (χ0v) is 11.4. The third-order valence-electron chi connectivity index (χ3n) is 2.46. The number of ketones is 1. The van der Waals surface area contributed by atoms with Crippen LogP contribution in [0.3, 0.4) is 0 Å². The normalized spacial score (nSPS) is 14.7. The number of hydrogen-bond acceptors (Lipinski definition) is 2. The molecule has 3 heteroatoms. The van der Waals surface area contributed by atoms with Crippen molar-refractivity contribution in [2.75, 3.05) is 0 Å². The molecule has 0 heterocycles. The van der Waals surface area contributed by atoms with Gasteiger partial charge in [0.2, 0.25) is 0 Å². The van der Waals surface area contributed by atoms with Crippen molar-refractivity contribution in [1.29, 1.82) is 0 Å². The van der Waals surface area contributed by atoms with Gasteiger partial charge in [-0.2, -0.15) is 0 Å². The Labute approximate surface area is 109 Å². The van der Waals surface area contributed by atoms with Crippen molar-refractivity contribution in [3.63, 3.8) is 0 Å². The lowest BCUT2D eigenvalue weighted by molar-refractivity contribution is 0.103. The Kier molecular flexibility index (Phi) is 3.20. The van der Waals surface area contributed by atoms with E-state index >= 15 is 0 Å². The largest absolute Gasteiger partial charge is 0.490 e. The number of carbonyl (C=O) groups is 1. The van der Waals surface area contributed by atoms with Crippen LogP contribution in [0.1, 0.15) is 29.8 Å². The van der Waals surface area contributed by atoms with Crippen LogP contribution in [-0.4, -0.2) is 11.9 Å². The highest BCUT2D eigenvalue weighted by Gasteiger charge is 2.25. The van der Waals surface area contributed by atoms with Crippen LogP contribution < -0.4 is 0 Å². The summed E-state index contributed by atoms with van der Waals surface area (Å²) in [6.07, 6.45) is 1.76. The average molecular weight is 293 g/mol. The standard InChI is InChI=1S/C14H13BrO2/c1-8(2)17-12-7-9(3)14(16)10-5-4-6-11(15)13(10)12/h4-8H,3H2,1-2H3. The van der Waals surface area contributed by atoms with Gasteiger partial charge in [-0.15, -0.1) is 0 Å². The van der Waals surface area contributed by atoms with Gasteiger partial charge in [0, 0.05) is 21.2 Å². The molecule has 0 unspecified atom stereocenters. The minimum Gasteiger partial charge on any atom is -0.490 e. The summed E-state index contributed by atoms with van der Waals surface area (Å²) in [5.41, 5.74) is 1.92. The highest BCUT2D eigenvalue weighted by molar-refractivity contribution is 9.10. The van der Waals surface area contributed by atoms with E-state index in [0.29, 0.717) is 16.9 Å². The molecule has 0 aliphatic heterocycles. The summed E-state index contributed by atoms with van der Waals surface area (Å²) in [5.74, 6) is 0.657. The molecule has 0 fully saturated rings. The van der Waals surface area contributed by atoms with E-state index in [-0.39, 0.29) is 11.9 Å². The van der Waals surface area contributed by atoms with Crippen molar-refractivity contribution >= 4 is 27.5 Å². The monoisotopic (exact) mass is 292 g/mol. The van der Waals surface area contributed by atoms with E-state index in [9.17, 15) is 4.79 Å². The number of hydrogen-bond donors (Lipinski definition) is 0. The molecule has 1 aromatic carbocycles. The first-order chi connectivity index (χ1) is 8.00. The fourth-order valence-corrected chi connectivity index (χ4v) is 2.34. The lowest BCUT2D eigenvalue weighted by atomic mass is 9.92. The van der Waals surface area contributed by atoms with E-state index in [0.717, 1.165) is 10.0 Å². The molecule has 17 heavy (non-hydrogen) atoms. The van der Waals surface area contributed by atoms with E-state index in [1.54, 1.807) is 12.1 Å². The molecule has 0 saturated heterocycles. The van der Waals surface area contributed by atoms with Crippen LogP contribution in [0.2, 0.25) is 0 Å². The summed E-state index contributed by atoms with van der Waals surface area (Å²) < 4.78 is 6.60. The number of halogens is 1. The van der Waals surface area contributed by atoms with Crippen LogP contribution >= 0.6 is 15.9 Å². The Bertz CT molecular complexity index is 527. The lowest BCUT2D eigenvalue weighted by Gasteiger charge is -2.21. The van der Waals surface area contributed by atoms with E-state index in [4.69, 9.17) is 4.74 Å². The van der Waals surface area contributed by atoms with Gasteiger partial charge < -0.3 is 4.74 Å². The highest BCUT2D eigenvalue weighted by Crippen LogP contribution is 2.35. The summed E-state index contributed by atoms with van der Waals surface area (Å²) in [6, 6.07) is 5.54. The molecular weight excluding hydrogens is 280 g/mol. The zero-order chi connectivity index (χ0) is 12.6. The molecule has 0 N–H and O–H groups in total. The van der Waals surface area contributed by atoms with Crippen molar-refractivity contribution in [3.8, 4) is 0 Å². The lowest BCUT2D eigenvalue weighted by Crippen LogP contribution is -2.14. The Morgan fingerprint density at radius 1 is 1.35 bits per heavy atom. The number of carbonyl (C=O) groups excluding carboxylic acids is 1. The number of allylic oxidation sites excluding steroid dienone is 2. The minimum atomic E-state index is -0.0441. The predicted octanol–water partition coefficient (Wildman–Crippen LogP) is 3.97. The van der Waals surface area contributed by atoms with Gasteiger partial charge in [-0.25, -0.2) is 0 Å². The smallest absolute Gasteiger partial charge is 0.193 e. The van der Waals surface area contributed by atoms with Gasteiger partial charge in [-0.1, -0.05) is 34.6 Å². The first kappa shape index (κ1) is 12.1. The van der Waals surface area contributed by atoms with Crippen LogP contribution in [0.15, 0.2) is 40.9 Å². The number of fused-ring (bicyclic) bond motifs is 1. The van der Waals surface area contributed by atoms with Crippen molar-refractivity contribution < 1.29 is 9.53 Å². The number of rotatable bonds is 2. The van der Waals surface area contributed by atoms with Gasteiger partial charge in [0.25, 0.3) is 0 Å². The van der Waals surface area contributed by atoms with Crippen LogP contribution in [0.25, 0.3) is 5.76 Å². The van der Waals surface area contributed by atoms with Gasteiger partial charge in [0.05, 0.1) is 6.10 Å². The van der Waals surface area contributed by atoms with Gasteiger partial charge in [0.1, 0.15) is 5.76 Å². The molecule has 0 aromatic heterocycles. The van der Waals surface area contributed by atoms with E-state index < -0.39 is 0 Å². The predicted molar refractivity (Wildman–Crippen MR) is 71.8 cm³/mol. The quantitative estimate of drug-likeness (QED) is 0.771. The summed E-state index contributed by atoms with van der Waals surface area (Å²) >= 11 is 3.46. The third-order valence-corrected chi connectivity index (χ3v) is 3.13. The summed E-state index contributed by atoms with van der Waals surface area (Å²) in [4.78, 5) is 12.0. The molecule has 0 bridgehead atoms. The molecule has 0 radical (unpaired) electrons. The molecule has 0 amide bonds. The van der Waals surface area contributed by atoms with Crippen LogP contribution in [0.5, 0.6) is 0 Å². The van der Waals surface area contributed by atoms with Crippen molar-refractivity contribution in [1.82, 2.24) is 0 Å². The Hall–Kier alpha value is -1.35. The highest BCUT2D eigenvalue weighted by atomic mass is 79.9. The second-order valence-corrected chi connectivity index (χ2v) is 5.05. The Morgan fingerprint density at radius 2 is 2.06 bits per heavy atom. The van der Waals surface area contributed by atoms with Gasteiger partial charge in [-0.05, 0) is 26.0 Å². The minimum absolute atomic E-state index is 0.0441. The molecule has 1 aliphatic carbocycles. The van der Waals surface area contributed by atoms with Crippen molar-refractivity contribution in [2.45, 2.75) is 20.0 Å². The molecule has 2 rings (SSSR count). The molecule has 2 nitrogen and oxygen atoms in total. The third kappa shape index (κ3) is 2.20. The maximum atomic E-state index is 12.0. The van der Waals surface area contributed by atoms with E-state index in [1.165, 1.54) is 0 Å². The fourth-order valence-electron chi connectivity index (χ4n) is 1.78. The molecular formula is C14H13BrO2. The first-order valence-corrected chi connectivity index (χ1v) is 6.21. The molecule has 0 saturated carbocycles. The van der Waals surface area contributed by atoms with Crippen LogP contribution in [0.4, 0.5) is 0 Å². The van der Waals surface area contributed by atoms with Crippen LogP contribution in [-0.2, 0) is 4.74 Å². The Morgan fingerprint density at radius 3 is 2.71 bits per heavy atom. The molecule has 0 atom stereocenters. The summed E-state index contributed by atoms with van der Waals surface area (Å²) in [7, 11) is 0. The van der Waals surface area contributed by atoms with Crippen LogP contribution in [0, 0.1) is 0 Å². The SMILES string of the molecule is C=C1C=C(OC(C)C)c2c(Br)cccc2C1=O. The molecule has 1 aliphatic rings. The average Bonchev–Trinajstić information content (AvgIpc) is 2.24. The van der Waals surface area contributed by atoms with Gasteiger partial charge in [-0.3, -0.25) is 4.79 Å². The molecule has 88 valence electrons. The van der Waals surface area contributed by atoms with E-state index in [1.807, 2.05) is 26.0 Å². The molecule has 0 spiro atoms. The van der Waals surface area contributed by atoms with Crippen molar-refractivity contribution in [2.24, 2.45) is 0 Å². The molecule has 1 aromatic rings. The maximum absolute atomic E-state index is 12.0. The number of benzene rings is 1.